The van der Waals surface area contributed by atoms with Gasteiger partial charge < -0.3 is 4.74 Å². The summed E-state index contributed by atoms with van der Waals surface area (Å²) in [5, 5.41) is 0. The van der Waals surface area contributed by atoms with Crippen LogP contribution in [0.2, 0.25) is 0 Å². The Morgan fingerprint density at radius 1 is 1.42 bits per heavy atom. The summed E-state index contributed by atoms with van der Waals surface area (Å²) in [6.07, 6.45) is 4.53. The molecule has 1 aliphatic carbocycles. The monoisotopic (exact) mass is 328 g/mol. The molecular formula is C14H11BrF2O2. The van der Waals surface area contributed by atoms with E-state index in [1.807, 2.05) is 0 Å². The quantitative estimate of drug-likeness (QED) is 0.777. The molecule has 0 radical (unpaired) electrons. The molecule has 5 heteroatoms. The third-order valence-electron chi connectivity index (χ3n) is 2.87. The van der Waals surface area contributed by atoms with Crippen LogP contribution in [0.4, 0.5) is 8.78 Å². The fraction of sp³-hybridized carbons (Fsp3) is 0.214. The molecule has 100 valence electrons. The van der Waals surface area contributed by atoms with Crippen molar-refractivity contribution in [2.24, 2.45) is 5.92 Å². The zero-order valence-electron chi connectivity index (χ0n) is 10.1. The van der Waals surface area contributed by atoms with E-state index in [9.17, 15) is 13.6 Å². The van der Waals surface area contributed by atoms with Gasteiger partial charge in [0, 0.05) is 5.92 Å². The molecule has 1 unspecified atom stereocenters. The zero-order chi connectivity index (χ0) is 14.0. The first kappa shape index (κ1) is 13.9. The summed E-state index contributed by atoms with van der Waals surface area (Å²) in [6.45, 7) is 0. The van der Waals surface area contributed by atoms with Crippen LogP contribution in [-0.2, 0) is 0 Å². The molecule has 0 saturated carbocycles. The van der Waals surface area contributed by atoms with E-state index in [4.69, 9.17) is 4.74 Å². The maximum atomic E-state index is 13.5. The topological polar surface area (TPSA) is 26.3 Å². The number of carbonyl (C=O) groups is 1. The molecule has 0 amide bonds. The van der Waals surface area contributed by atoms with E-state index in [-0.39, 0.29) is 21.6 Å². The minimum Gasteiger partial charge on any atom is -0.496 e. The van der Waals surface area contributed by atoms with Crippen molar-refractivity contribution in [1.82, 2.24) is 0 Å². The minimum absolute atomic E-state index is 0.118. The molecule has 0 fully saturated rings. The molecule has 0 aromatic heterocycles. The van der Waals surface area contributed by atoms with Gasteiger partial charge in [-0.05, 0) is 46.6 Å². The Bertz CT molecular complexity index is 579. The second kappa shape index (κ2) is 5.65. The van der Waals surface area contributed by atoms with Gasteiger partial charge in [0.1, 0.15) is 17.4 Å². The lowest BCUT2D eigenvalue weighted by atomic mass is 9.91. The van der Waals surface area contributed by atoms with Crippen molar-refractivity contribution < 1.29 is 18.3 Å². The number of Topliss-reactive ketones (excluding diaryl/α,β-unsaturated/α-hetero) is 1. The van der Waals surface area contributed by atoms with Crippen LogP contribution in [0, 0.1) is 11.7 Å². The predicted octanol–water partition coefficient (Wildman–Crippen LogP) is 4.21. The fourth-order valence-corrected chi connectivity index (χ4v) is 2.24. The molecular weight excluding hydrogens is 318 g/mol. The molecule has 19 heavy (non-hydrogen) atoms. The molecule has 1 aliphatic rings. The molecule has 1 atom stereocenters. The zero-order valence-corrected chi connectivity index (χ0v) is 11.7. The minimum atomic E-state index is -0.625. The lowest BCUT2D eigenvalue weighted by Gasteiger charge is -2.15. The van der Waals surface area contributed by atoms with Crippen molar-refractivity contribution in [3.05, 3.63) is 52.0 Å². The highest BCUT2D eigenvalue weighted by molar-refractivity contribution is 9.10. The molecule has 0 N–H and O–H groups in total. The molecule has 0 heterocycles. The Morgan fingerprint density at radius 2 is 2.16 bits per heavy atom. The van der Waals surface area contributed by atoms with Crippen LogP contribution in [0.15, 0.2) is 40.7 Å². The molecule has 0 bridgehead atoms. The van der Waals surface area contributed by atoms with Gasteiger partial charge in [-0.25, -0.2) is 8.78 Å². The smallest absolute Gasteiger partial charge is 0.173 e. The average Bonchev–Trinajstić information content (AvgIpc) is 2.40. The normalized spacial score (nSPS) is 18.1. The second-order valence-corrected chi connectivity index (χ2v) is 4.98. The number of halogens is 3. The summed E-state index contributed by atoms with van der Waals surface area (Å²) in [7, 11) is 1.40. The summed E-state index contributed by atoms with van der Waals surface area (Å²) in [5.41, 5.74) is 0.118. The van der Waals surface area contributed by atoms with Gasteiger partial charge in [-0.15, -0.1) is 0 Å². The van der Waals surface area contributed by atoms with Crippen molar-refractivity contribution in [3.63, 3.8) is 0 Å². The number of carbonyl (C=O) groups excluding carboxylic acids is 1. The van der Waals surface area contributed by atoms with Gasteiger partial charge in [0.25, 0.3) is 0 Å². The third kappa shape index (κ3) is 2.92. The standard InChI is InChI=1S/C14H11BrF2O2/c1-19-13-7-11(15)12(17)6-10(13)14(18)8-3-2-4-9(16)5-8/h2,4-8H,3H2,1H3. The molecule has 1 aromatic carbocycles. The summed E-state index contributed by atoms with van der Waals surface area (Å²) in [5.74, 6) is -1.73. The molecule has 2 nitrogen and oxygen atoms in total. The molecule has 2 rings (SSSR count). The first-order valence-corrected chi connectivity index (χ1v) is 6.43. The summed E-state index contributed by atoms with van der Waals surface area (Å²) in [6, 6.07) is 2.50. The third-order valence-corrected chi connectivity index (χ3v) is 3.48. The Morgan fingerprint density at radius 3 is 2.79 bits per heavy atom. The number of hydrogen-bond acceptors (Lipinski definition) is 2. The lowest BCUT2D eigenvalue weighted by molar-refractivity contribution is 0.0940. The van der Waals surface area contributed by atoms with E-state index in [0.29, 0.717) is 6.42 Å². The number of benzene rings is 1. The Balaban J connectivity index is 2.39. The van der Waals surface area contributed by atoms with Gasteiger partial charge in [-0.2, -0.15) is 0 Å². The Kier molecular flexibility index (Phi) is 4.14. The fourth-order valence-electron chi connectivity index (χ4n) is 1.92. The number of hydrogen-bond donors (Lipinski definition) is 0. The van der Waals surface area contributed by atoms with E-state index in [0.717, 1.165) is 6.07 Å². The molecule has 1 aromatic rings. The van der Waals surface area contributed by atoms with Crippen LogP contribution in [-0.4, -0.2) is 12.9 Å². The highest BCUT2D eigenvalue weighted by Crippen LogP contribution is 2.30. The second-order valence-electron chi connectivity index (χ2n) is 4.13. The average molecular weight is 329 g/mol. The number of methoxy groups -OCH3 is 1. The van der Waals surface area contributed by atoms with E-state index < -0.39 is 17.6 Å². The maximum absolute atomic E-state index is 13.5. The Hall–Kier alpha value is -1.49. The van der Waals surface area contributed by atoms with E-state index >= 15 is 0 Å². The number of allylic oxidation sites excluding steroid dienone is 4. The summed E-state index contributed by atoms with van der Waals surface area (Å²) >= 11 is 3.03. The number of ketones is 1. The van der Waals surface area contributed by atoms with Gasteiger partial charge in [0.2, 0.25) is 0 Å². The molecule has 0 spiro atoms. The largest absolute Gasteiger partial charge is 0.496 e. The maximum Gasteiger partial charge on any atom is 0.173 e. The van der Waals surface area contributed by atoms with Gasteiger partial charge in [0.15, 0.2) is 5.78 Å². The van der Waals surface area contributed by atoms with Crippen LogP contribution in [0.1, 0.15) is 16.8 Å². The van der Waals surface area contributed by atoms with Gasteiger partial charge >= 0.3 is 0 Å². The number of ether oxygens (including phenoxy) is 1. The molecule has 0 aliphatic heterocycles. The summed E-state index contributed by atoms with van der Waals surface area (Å²) in [4.78, 5) is 12.3. The lowest BCUT2D eigenvalue weighted by Crippen LogP contribution is -2.15. The van der Waals surface area contributed by atoms with Crippen LogP contribution >= 0.6 is 15.9 Å². The SMILES string of the molecule is COc1cc(Br)c(F)cc1C(=O)C1C=C(F)C=CC1. The van der Waals surface area contributed by atoms with Crippen molar-refractivity contribution >= 4 is 21.7 Å². The van der Waals surface area contributed by atoms with Gasteiger partial charge in [-0.1, -0.05) is 6.08 Å². The first-order valence-electron chi connectivity index (χ1n) is 5.64. The number of rotatable bonds is 3. The van der Waals surface area contributed by atoms with E-state index in [1.165, 1.54) is 25.3 Å². The van der Waals surface area contributed by atoms with Crippen LogP contribution in [0.3, 0.4) is 0 Å². The van der Waals surface area contributed by atoms with Gasteiger partial charge in [-0.3, -0.25) is 4.79 Å². The van der Waals surface area contributed by atoms with Crippen molar-refractivity contribution in [3.8, 4) is 5.75 Å². The van der Waals surface area contributed by atoms with E-state index in [1.54, 1.807) is 6.08 Å². The van der Waals surface area contributed by atoms with Crippen molar-refractivity contribution in [1.29, 1.82) is 0 Å². The highest BCUT2D eigenvalue weighted by Gasteiger charge is 2.24. The van der Waals surface area contributed by atoms with E-state index in [2.05, 4.69) is 15.9 Å². The van der Waals surface area contributed by atoms with Crippen molar-refractivity contribution in [2.75, 3.05) is 7.11 Å². The first-order chi connectivity index (χ1) is 9.02. The predicted molar refractivity (Wildman–Crippen MR) is 71.4 cm³/mol. The Labute approximate surface area is 117 Å². The van der Waals surface area contributed by atoms with Crippen LogP contribution < -0.4 is 4.74 Å². The van der Waals surface area contributed by atoms with Crippen LogP contribution in [0.5, 0.6) is 5.75 Å². The van der Waals surface area contributed by atoms with Crippen LogP contribution in [0.25, 0.3) is 0 Å². The molecule has 0 saturated heterocycles. The summed E-state index contributed by atoms with van der Waals surface area (Å²) < 4.78 is 32.0. The van der Waals surface area contributed by atoms with Gasteiger partial charge in [0.05, 0.1) is 17.1 Å². The highest BCUT2D eigenvalue weighted by atomic mass is 79.9. The van der Waals surface area contributed by atoms with Crippen molar-refractivity contribution in [2.45, 2.75) is 6.42 Å².